The summed E-state index contributed by atoms with van der Waals surface area (Å²) in [5, 5.41) is 0. The Kier molecular flexibility index (Phi) is 5.84. The molecule has 1 rings (SSSR count). The summed E-state index contributed by atoms with van der Waals surface area (Å²) in [5.41, 5.74) is 1.23. The van der Waals surface area contributed by atoms with Crippen LogP contribution >= 0.6 is 31.9 Å². The topological polar surface area (TPSA) is 9.23 Å². The molecular weight excluding hydrogens is 332 g/mol. The van der Waals surface area contributed by atoms with E-state index in [0.717, 1.165) is 16.6 Å². The van der Waals surface area contributed by atoms with Gasteiger partial charge in [-0.25, -0.2) is 0 Å². The van der Waals surface area contributed by atoms with E-state index in [-0.39, 0.29) is 0 Å². The van der Waals surface area contributed by atoms with Gasteiger partial charge >= 0.3 is 0 Å². The Morgan fingerprint density at radius 3 is 2.56 bits per heavy atom. The molecule has 0 radical (unpaired) electrons. The van der Waals surface area contributed by atoms with Crippen LogP contribution in [0, 0.1) is 5.92 Å². The van der Waals surface area contributed by atoms with Crippen molar-refractivity contribution < 1.29 is 4.74 Å². The van der Waals surface area contributed by atoms with Crippen LogP contribution in [0.15, 0.2) is 22.7 Å². The Morgan fingerprint density at radius 2 is 2.00 bits per heavy atom. The molecule has 90 valence electrons. The van der Waals surface area contributed by atoms with E-state index in [1.807, 2.05) is 19.1 Å². The molecule has 3 heteroatoms. The van der Waals surface area contributed by atoms with Gasteiger partial charge in [-0.2, -0.15) is 0 Å². The van der Waals surface area contributed by atoms with Crippen molar-refractivity contribution in [3.63, 3.8) is 0 Å². The average Bonchev–Trinajstić information content (AvgIpc) is 2.29. The lowest BCUT2D eigenvalue weighted by atomic mass is 9.98. The lowest BCUT2D eigenvalue weighted by molar-refractivity contribution is 0.334. The van der Waals surface area contributed by atoms with Crippen molar-refractivity contribution in [2.24, 2.45) is 5.92 Å². The summed E-state index contributed by atoms with van der Waals surface area (Å²) in [7, 11) is 0. The quantitative estimate of drug-likeness (QED) is 0.653. The van der Waals surface area contributed by atoms with E-state index in [0.29, 0.717) is 17.4 Å². The van der Waals surface area contributed by atoms with Crippen LogP contribution in [-0.4, -0.2) is 6.61 Å². The second-order valence-electron chi connectivity index (χ2n) is 3.90. The molecule has 0 aliphatic heterocycles. The number of hydrogen-bond acceptors (Lipinski definition) is 1. The van der Waals surface area contributed by atoms with Crippen molar-refractivity contribution >= 4 is 31.9 Å². The highest BCUT2D eigenvalue weighted by Gasteiger charge is 2.18. The van der Waals surface area contributed by atoms with Crippen LogP contribution < -0.4 is 4.74 Å². The van der Waals surface area contributed by atoms with Gasteiger partial charge in [0, 0.05) is 14.9 Å². The third kappa shape index (κ3) is 3.49. The highest BCUT2D eigenvalue weighted by molar-refractivity contribution is 9.10. The van der Waals surface area contributed by atoms with Crippen molar-refractivity contribution in [2.45, 2.75) is 32.0 Å². The predicted molar refractivity (Wildman–Crippen MR) is 76.4 cm³/mol. The molecule has 0 heterocycles. The van der Waals surface area contributed by atoms with Crippen LogP contribution in [0.1, 0.15) is 37.6 Å². The van der Waals surface area contributed by atoms with Crippen molar-refractivity contribution in [3.8, 4) is 5.75 Å². The Morgan fingerprint density at radius 1 is 1.31 bits per heavy atom. The molecule has 0 amide bonds. The minimum atomic E-state index is 0.344. The van der Waals surface area contributed by atoms with Crippen LogP contribution in [-0.2, 0) is 0 Å². The molecule has 0 aliphatic rings. The minimum Gasteiger partial charge on any atom is -0.494 e. The van der Waals surface area contributed by atoms with Gasteiger partial charge < -0.3 is 4.74 Å². The minimum absolute atomic E-state index is 0.344. The Labute approximate surface area is 115 Å². The summed E-state index contributed by atoms with van der Waals surface area (Å²) in [6, 6.07) is 6.18. The number of ether oxygens (including phenoxy) is 1. The molecule has 0 fully saturated rings. The zero-order valence-electron chi connectivity index (χ0n) is 9.97. The molecule has 0 saturated carbocycles. The number of benzene rings is 1. The zero-order valence-corrected chi connectivity index (χ0v) is 13.1. The van der Waals surface area contributed by atoms with Crippen LogP contribution in [0.3, 0.4) is 0 Å². The number of alkyl halides is 1. The SMILES string of the molecule is CCOc1ccc(Br)cc1C(Br)C(C)CC. The van der Waals surface area contributed by atoms with Crippen molar-refractivity contribution in [1.29, 1.82) is 0 Å². The monoisotopic (exact) mass is 348 g/mol. The van der Waals surface area contributed by atoms with Gasteiger partial charge in [-0.1, -0.05) is 52.1 Å². The highest BCUT2D eigenvalue weighted by atomic mass is 79.9. The molecule has 16 heavy (non-hydrogen) atoms. The fourth-order valence-electron chi connectivity index (χ4n) is 1.54. The van der Waals surface area contributed by atoms with Crippen LogP contribution in [0.25, 0.3) is 0 Å². The molecule has 0 spiro atoms. The molecule has 0 N–H and O–H groups in total. The molecule has 0 saturated heterocycles. The third-order valence-electron chi connectivity index (χ3n) is 2.71. The summed E-state index contributed by atoms with van der Waals surface area (Å²) in [4.78, 5) is 0.344. The average molecular weight is 350 g/mol. The first-order valence-corrected chi connectivity index (χ1v) is 7.37. The number of hydrogen-bond donors (Lipinski definition) is 0. The van der Waals surface area contributed by atoms with Crippen molar-refractivity contribution in [1.82, 2.24) is 0 Å². The molecule has 1 nitrogen and oxygen atoms in total. The zero-order chi connectivity index (χ0) is 12.1. The molecule has 0 aromatic heterocycles. The van der Waals surface area contributed by atoms with Crippen LogP contribution in [0.2, 0.25) is 0 Å². The van der Waals surface area contributed by atoms with Crippen LogP contribution in [0.5, 0.6) is 5.75 Å². The molecule has 1 aromatic rings. The van der Waals surface area contributed by atoms with Gasteiger partial charge in [0.25, 0.3) is 0 Å². The molecule has 1 aromatic carbocycles. The molecule has 2 atom stereocenters. The van der Waals surface area contributed by atoms with Gasteiger partial charge in [-0.15, -0.1) is 0 Å². The number of halogens is 2. The summed E-state index contributed by atoms with van der Waals surface area (Å²) < 4.78 is 6.75. The standard InChI is InChI=1S/C13H18Br2O/c1-4-9(3)13(15)11-8-10(14)6-7-12(11)16-5-2/h6-9,13H,4-5H2,1-3H3. The normalized spacial score (nSPS) is 14.6. The third-order valence-corrected chi connectivity index (χ3v) is 4.60. The first-order valence-electron chi connectivity index (χ1n) is 5.66. The first kappa shape index (κ1) is 14.0. The lowest BCUT2D eigenvalue weighted by Gasteiger charge is -2.20. The molecule has 0 aliphatic carbocycles. The lowest BCUT2D eigenvalue weighted by Crippen LogP contribution is -2.05. The first-order chi connectivity index (χ1) is 7.60. The maximum atomic E-state index is 5.66. The van der Waals surface area contributed by atoms with Gasteiger partial charge in [-0.3, -0.25) is 0 Å². The maximum absolute atomic E-state index is 5.66. The van der Waals surface area contributed by atoms with Gasteiger partial charge in [-0.05, 0) is 31.0 Å². The Bertz CT molecular complexity index is 339. The summed E-state index contributed by atoms with van der Waals surface area (Å²) >= 11 is 7.28. The van der Waals surface area contributed by atoms with Gasteiger partial charge in [0.15, 0.2) is 0 Å². The molecular formula is C13H18Br2O. The second-order valence-corrected chi connectivity index (χ2v) is 5.80. The van der Waals surface area contributed by atoms with E-state index in [4.69, 9.17) is 4.74 Å². The predicted octanol–water partition coefficient (Wildman–Crippen LogP) is 5.33. The van der Waals surface area contributed by atoms with E-state index in [1.54, 1.807) is 0 Å². The fourth-order valence-corrected chi connectivity index (χ4v) is 2.65. The Balaban J connectivity index is 3.03. The van der Waals surface area contributed by atoms with Crippen molar-refractivity contribution in [3.05, 3.63) is 28.2 Å². The fraction of sp³-hybridized carbons (Fsp3) is 0.538. The Hall–Kier alpha value is -0.0200. The van der Waals surface area contributed by atoms with Gasteiger partial charge in [0.05, 0.1) is 6.61 Å². The molecule has 0 bridgehead atoms. The highest BCUT2D eigenvalue weighted by Crippen LogP contribution is 2.39. The maximum Gasteiger partial charge on any atom is 0.123 e. The van der Waals surface area contributed by atoms with Crippen LogP contribution in [0.4, 0.5) is 0 Å². The van der Waals surface area contributed by atoms with Gasteiger partial charge in [0.2, 0.25) is 0 Å². The summed E-state index contributed by atoms with van der Waals surface area (Å²) in [6.07, 6.45) is 1.15. The largest absolute Gasteiger partial charge is 0.494 e. The van der Waals surface area contributed by atoms with Crippen molar-refractivity contribution in [2.75, 3.05) is 6.61 Å². The van der Waals surface area contributed by atoms with E-state index in [1.165, 1.54) is 5.56 Å². The summed E-state index contributed by atoms with van der Waals surface area (Å²) in [6.45, 7) is 7.17. The summed E-state index contributed by atoms with van der Waals surface area (Å²) in [5.74, 6) is 1.57. The van der Waals surface area contributed by atoms with Gasteiger partial charge in [0.1, 0.15) is 5.75 Å². The smallest absolute Gasteiger partial charge is 0.123 e. The van der Waals surface area contributed by atoms with E-state index in [9.17, 15) is 0 Å². The van der Waals surface area contributed by atoms with E-state index < -0.39 is 0 Å². The molecule has 2 unspecified atom stereocenters. The second kappa shape index (κ2) is 6.65. The van der Waals surface area contributed by atoms with E-state index in [2.05, 4.69) is 51.8 Å². The van der Waals surface area contributed by atoms with E-state index >= 15 is 0 Å². The number of rotatable bonds is 5.